The Hall–Kier alpha value is -2.45. The Bertz CT molecular complexity index is 922. The van der Waals surface area contributed by atoms with E-state index in [0.29, 0.717) is 5.92 Å². The maximum atomic E-state index is 5.07. The summed E-state index contributed by atoms with van der Waals surface area (Å²) in [7, 11) is 0. The van der Waals surface area contributed by atoms with Gasteiger partial charge in [0.2, 0.25) is 0 Å². The molecule has 0 bridgehead atoms. The van der Waals surface area contributed by atoms with Crippen LogP contribution in [0.25, 0.3) is 11.3 Å². The van der Waals surface area contributed by atoms with E-state index in [1.54, 1.807) is 0 Å². The highest BCUT2D eigenvalue weighted by Crippen LogP contribution is 2.28. The number of rotatable bonds is 9. The van der Waals surface area contributed by atoms with Crippen LogP contribution in [0.4, 0.5) is 0 Å². The molecule has 3 rings (SSSR count). The average molecular weight is 401 g/mol. The molecule has 3 aromatic rings. The van der Waals surface area contributed by atoms with Gasteiger partial charge < -0.3 is 0 Å². The van der Waals surface area contributed by atoms with Crippen molar-refractivity contribution in [2.45, 2.75) is 60.5 Å². The van der Waals surface area contributed by atoms with Crippen molar-refractivity contribution in [3.63, 3.8) is 0 Å². The van der Waals surface area contributed by atoms with E-state index in [4.69, 9.17) is 4.98 Å². The van der Waals surface area contributed by atoms with Crippen LogP contribution in [0.2, 0.25) is 0 Å². The molecule has 0 N–H and O–H groups in total. The van der Waals surface area contributed by atoms with Crippen molar-refractivity contribution in [3.05, 3.63) is 88.6 Å². The van der Waals surface area contributed by atoms with Crippen molar-refractivity contribution >= 4 is 0 Å². The van der Waals surface area contributed by atoms with Crippen molar-refractivity contribution in [3.8, 4) is 11.3 Å². The van der Waals surface area contributed by atoms with Gasteiger partial charge in [-0.05, 0) is 54.0 Å². The van der Waals surface area contributed by atoms with E-state index in [0.717, 1.165) is 43.9 Å². The van der Waals surface area contributed by atoms with Crippen LogP contribution in [0.5, 0.6) is 0 Å². The lowest BCUT2D eigenvalue weighted by molar-refractivity contribution is 0.227. The van der Waals surface area contributed by atoms with Crippen LogP contribution in [0.3, 0.4) is 0 Å². The number of aryl methyl sites for hydroxylation is 3. The quantitative estimate of drug-likeness (QED) is 0.391. The number of aromatic nitrogens is 1. The molecule has 0 aliphatic rings. The fourth-order valence-electron chi connectivity index (χ4n) is 4.25. The molecular weight excluding hydrogens is 364 g/mol. The zero-order valence-corrected chi connectivity index (χ0v) is 19.3. The second kappa shape index (κ2) is 10.5. The van der Waals surface area contributed by atoms with Crippen LogP contribution in [0, 0.1) is 12.8 Å². The van der Waals surface area contributed by atoms with Crippen LogP contribution in [-0.2, 0) is 25.9 Å². The van der Waals surface area contributed by atoms with Crippen molar-refractivity contribution in [2.75, 3.05) is 6.54 Å². The van der Waals surface area contributed by atoms with Gasteiger partial charge in [0, 0.05) is 30.9 Å². The lowest BCUT2D eigenvalue weighted by Crippen LogP contribution is -2.27. The summed E-state index contributed by atoms with van der Waals surface area (Å²) in [6.45, 7) is 14.2. The molecule has 0 saturated heterocycles. The molecule has 1 aromatic heterocycles. The first-order valence-electron chi connectivity index (χ1n) is 11.4. The van der Waals surface area contributed by atoms with Crippen LogP contribution in [-0.4, -0.2) is 16.4 Å². The maximum absolute atomic E-state index is 5.07. The molecule has 158 valence electrons. The van der Waals surface area contributed by atoms with E-state index < -0.39 is 0 Å². The van der Waals surface area contributed by atoms with E-state index in [2.05, 4.69) is 100 Å². The minimum absolute atomic E-state index is 0.629. The van der Waals surface area contributed by atoms with Gasteiger partial charge in [-0.1, -0.05) is 82.3 Å². The highest BCUT2D eigenvalue weighted by atomic mass is 15.1. The topological polar surface area (TPSA) is 16.1 Å². The van der Waals surface area contributed by atoms with Crippen LogP contribution < -0.4 is 0 Å². The number of benzene rings is 2. The summed E-state index contributed by atoms with van der Waals surface area (Å²) in [5, 5.41) is 0. The highest BCUT2D eigenvalue weighted by Gasteiger charge is 2.14. The third kappa shape index (κ3) is 5.58. The molecule has 2 aromatic carbocycles. The third-order valence-electron chi connectivity index (χ3n) is 5.72. The molecule has 30 heavy (non-hydrogen) atoms. The summed E-state index contributed by atoms with van der Waals surface area (Å²) in [6.07, 6.45) is 2.07. The molecule has 0 fully saturated rings. The Morgan fingerprint density at radius 1 is 0.767 bits per heavy atom. The summed E-state index contributed by atoms with van der Waals surface area (Å²) in [4.78, 5) is 7.62. The van der Waals surface area contributed by atoms with Gasteiger partial charge in [0.25, 0.3) is 0 Å². The van der Waals surface area contributed by atoms with Crippen LogP contribution in [0.15, 0.2) is 60.7 Å². The van der Waals surface area contributed by atoms with Gasteiger partial charge in [-0.2, -0.15) is 0 Å². The van der Waals surface area contributed by atoms with Gasteiger partial charge in [-0.25, -0.2) is 0 Å². The van der Waals surface area contributed by atoms with E-state index in [1.807, 2.05) is 0 Å². The molecular formula is C28H36N2. The Balaban J connectivity index is 1.87. The lowest BCUT2D eigenvalue weighted by atomic mass is 9.94. The lowest BCUT2D eigenvalue weighted by Gasteiger charge is -2.25. The Morgan fingerprint density at radius 2 is 1.43 bits per heavy atom. The molecule has 2 heteroatoms. The first-order valence-corrected chi connectivity index (χ1v) is 11.4. The summed E-state index contributed by atoms with van der Waals surface area (Å²) in [5.74, 6) is 0.629. The van der Waals surface area contributed by atoms with Gasteiger partial charge in [0.15, 0.2) is 0 Å². The molecule has 0 aliphatic carbocycles. The van der Waals surface area contributed by atoms with Crippen molar-refractivity contribution < 1.29 is 0 Å². The minimum atomic E-state index is 0.629. The average Bonchev–Trinajstić information content (AvgIpc) is 2.74. The molecule has 0 atom stereocenters. The highest BCUT2D eigenvalue weighted by molar-refractivity contribution is 5.68. The van der Waals surface area contributed by atoms with E-state index in [9.17, 15) is 0 Å². The number of hydrogen-bond donors (Lipinski definition) is 0. The zero-order chi connectivity index (χ0) is 21.5. The second-order valence-corrected chi connectivity index (χ2v) is 8.65. The monoisotopic (exact) mass is 400 g/mol. The van der Waals surface area contributed by atoms with E-state index >= 15 is 0 Å². The van der Waals surface area contributed by atoms with Crippen molar-refractivity contribution in [1.82, 2.24) is 9.88 Å². The summed E-state index contributed by atoms with van der Waals surface area (Å²) in [6, 6.07) is 22.0. The minimum Gasteiger partial charge on any atom is -0.295 e. The molecule has 0 aliphatic heterocycles. The summed E-state index contributed by atoms with van der Waals surface area (Å²) in [5.41, 5.74) is 9.05. The van der Waals surface area contributed by atoms with Gasteiger partial charge in [-0.15, -0.1) is 0 Å². The largest absolute Gasteiger partial charge is 0.295 e. The fraction of sp³-hybridized carbons (Fsp3) is 0.393. The van der Waals surface area contributed by atoms with Gasteiger partial charge in [0.05, 0.1) is 5.69 Å². The molecule has 0 amide bonds. The fourth-order valence-corrected chi connectivity index (χ4v) is 4.25. The Labute approximate surface area is 183 Å². The standard InChI is InChI=1S/C28H36N2/c1-6-24-14-11-15-25(7-2)28(24)27-17-16-26(22(5)29-27)20-30(18-21(3)4)19-23-12-9-8-10-13-23/h8-17,21H,6-7,18-20H2,1-5H3. The predicted octanol–water partition coefficient (Wildman–Crippen LogP) is 6.84. The number of hydrogen-bond acceptors (Lipinski definition) is 2. The van der Waals surface area contributed by atoms with E-state index in [1.165, 1.54) is 27.8 Å². The molecule has 1 heterocycles. The molecule has 0 unspecified atom stereocenters. The number of pyridine rings is 1. The first-order chi connectivity index (χ1) is 14.5. The second-order valence-electron chi connectivity index (χ2n) is 8.65. The first kappa shape index (κ1) is 22.2. The molecule has 0 spiro atoms. The SMILES string of the molecule is CCc1cccc(CC)c1-c1ccc(CN(Cc2ccccc2)CC(C)C)c(C)n1. The predicted molar refractivity (Wildman–Crippen MR) is 129 cm³/mol. The van der Waals surface area contributed by atoms with Crippen molar-refractivity contribution in [2.24, 2.45) is 5.92 Å². The molecule has 0 radical (unpaired) electrons. The van der Waals surface area contributed by atoms with Gasteiger partial charge >= 0.3 is 0 Å². The van der Waals surface area contributed by atoms with Gasteiger partial charge in [-0.3, -0.25) is 9.88 Å². The van der Waals surface area contributed by atoms with Crippen LogP contribution in [0.1, 0.15) is 55.6 Å². The zero-order valence-electron chi connectivity index (χ0n) is 19.3. The summed E-state index contributed by atoms with van der Waals surface area (Å²) < 4.78 is 0. The van der Waals surface area contributed by atoms with Crippen LogP contribution >= 0.6 is 0 Å². The van der Waals surface area contributed by atoms with Crippen molar-refractivity contribution in [1.29, 1.82) is 0 Å². The molecule has 2 nitrogen and oxygen atoms in total. The smallest absolute Gasteiger partial charge is 0.0710 e. The maximum Gasteiger partial charge on any atom is 0.0710 e. The van der Waals surface area contributed by atoms with E-state index in [-0.39, 0.29) is 0 Å². The Morgan fingerprint density at radius 3 is 2.00 bits per heavy atom. The Kier molecular flexibility index (Phi) is 7.81. The molecule has 0 saturated carbocycles. The van der Waals surface area contributed by atoms with Gasteiger partial charge in [0.1, 0.15) is 0 Å². The number of nitrogens with zero attached hydrogens (tertiary/aromatic N) is 2. The summed E-state index contributed by atoms with van der Waals surface area (Å²) >= 11 is 0. The normalized spacial score (nSPS) is 11.4. The third-order valence-corrected chi connectivity index (χ3v) is 5.72.